The molecule has 6 nitrogen and oxygen atoms in total. The van der Waals surface area contributed by atoms with Gasteiger partial charge in [-0.05, 0) is 37.5 Å². The molecular formula is C18H21ClN2O4. The molecule has 0 aromatic heterocycles. The lowest BCUT2D eigenvalue weighted by Gasteiger charge is -2.24. The van der Waals surface area contributed by atoms with E-state index in [-0.39, 0.29) is 16.8 Å². The van der Waals surface area contributed by atoms with Gasteiger partial charge in [0.2, 0.25) is 5.91 Å². The van der Waals surface area contributed by atoms with Gasteiger partial charge < -0.3 is 15.7 Å². The fourth-order valence-electron chi connectivity index (χ4n) is 2.72. The first-order valence-electron chi connectivity index (χ1n) is 8.20. The highest BCUT2D eigenvalue weighted by Crippen LogP contribution is 2.28. The Bertz CT molecular complexity index is 702. The van der Waals surface area contributed by atoms with E-state index < -0.39 is 17.8 Å². The number of aliphatic carboxylic acids is 1. The number of amides is 2. The quantitative estimate of drug-likeness (QED) is 0.676. The predicted octanol–water partition coefficient (Wildman–Crippen LogP) is 3.09. The second-order valence-electron chi connectivity index (χ2n) is 5.93. The Morgan fingerprint density at radius 2 is 1.88 bits per heavy atom. The van der Waals surface area contributed by atoms with E-state index in [1.807, 2.05) is 13.0 Å². The number of hydrogen-bond donors (Lipinski definition) is 3. The average molecular weight is 365 g/mol. The number of hydrogen-bond acceptors (Lipinski definition) is 3. The number of benzene rings is 1. The summed E-state index contributed by atoms with van der Waals surface area (Å²) in [5, 5.41) is 14.9. The molecule has 7 heteroatoms. The molecule has 1 aliphatic rings. The van der Waals surface area contributed by atoms with Gasteiger partial charge in [-0.1, -0.05) is 30.7 Å². The standard InChI is InChI=1S/C18H21ClN2O4/c1-2-9-20-16(22)14-8-7-11(10-15(14)19)21-17(23)12-5-3-4-6-13(12)18(24)25/h3-4,7-8,10,12-13H,2,5-6,9H2,1H3,(H,20,22)(H,21,23)(H,24,25)/t12-,13-/m1/s1. The van der Waals surface area contributed by atoms with Crippen molar-refractivity contribution in [2.75, 3.05) is 11.9 Å². The van der Waals surface area contributed by atoms with Crippen LogP contribution in [0.3, 0.4) is 0 Å². The number of allylic oxidation sites excluding steroid dienone is 2. The van der Waals surface area contributed by atoms with E-state index in [1.165, 1.54) is 6.07 Å². The summed E-state index contributed by atoms with van der Waals surface area (Å²) in [4.78, 5) is 35.7. The van der Waals surface area contributed by atoms with Crippen LogP contribution in [0.5, 0.6) is 0 Å². The first-order valence-corrected chi connectivity index (χ1v) is 8.58. The van der Waals surface area contributed by atoms with Crippen LogP contribution >= 0.6 is 11.6 Å². The maximum absolute atomic E-state index is 12.4. The van der Waals surface area contributed by atoms with Crippen LogP contribution in [0.25, 0.3) is 0 Å². The minimum atomic E-state index is -0.981. The largest absolute Gasteiger partial charge is 0.481 e. The summed E-state index contributed by atoms with van der Waals surface area (Å²) in [6.07, 6.45) is 5.14. The summed E-state index contributed by atoms with van der Waals surface area (Å²) in [5.41, 5.74) is 0.762. The number of carboxylic acids is 1. The van der Waals surface area contributed by atoms with Crippen molar-refractivity contribution in [3.05, 3.63) is 40.9 Å². The number of halogens is 1. The smallest absolute Gasteiger partial charge is 0.307 e. The topological polar surface area (TPSA) is 95.5 Å². The minimum Gasteiger partial charge on any atom is -0.481 e. The van der Waals surface area contributed by atoms with Crippen molar-refractivity contribution in [2.24, 2.45) is 11.8 Å². The van der Waals surface area contributed by atoms with E-state index in [2.05, 4.69) is 10.6 Å². The zero-order chi connectivity index (χ0) is 18.4. The first kappa shape index (κ1) is 19.0. The van der Waals surface area contributed by atoms with Crippen molar-refractivity contribution in [3.63, 3.8) is 0 Å². The lowest BCUT2D eigenvalue weighted by Crippen LogP contribution is -2.34. The Labute approximate surface area is 151 Å². The molecule has 0 spiro atoms. The maximum Gasteiger partial charge on any atom is 0.307 e. The van der Waals surface area contributed by atoms with Crippen molar-refractivity contribution >= 4 is 35.1 Å². The van der Waals surface area contributed by atoms with Crippen molar-refractivity contribution in [2.45, 2.75) is 26.2 Å². The van der Waals surface area contributed by atoms with E-state index in [0.29, 0.717) is 30.6 Å². The summed E-state index contributed by atoms with van der Waals surface area (Å²) >= 11 is 6.13. The molecule has 1 aromatic carbocycles. The van der Waals surface area contributed by atoms with E-state index >= 15 is 0 Å². The van der Waals surface area contributed by atoms with Gasteiger partial charge in [0.1, 0.15) is 0 Å². The molecule has 0 aliphatic heterocycles. The molecule has 2 atom stereocenters. The average Bonchev–Trinajstić information content (AvgIpc) is 2.59. The van der Waals surface area contributed by atoms with Crippen LogP contribution in [0.1, 0.15) is 36.5 Å². The Morgan fingerprint density at radius 1 is 1.20 bits per heavy atom. The molecule has 2 amide bonds. The second-order valence-corrected chi connectivity index (χ2v) is 6.34. The number of carbonyl (C=O) groups is 3. The minimum absolute atomic E-state index is 0.227. The highest BCUT2D eigenvalue weighted by atomic mass is 35.5. The first-order chi connectivity index (χ1) is 11.9. The van der Waals surface area contributed by atoms with E-state index in [0.717, 1.165) is 6.42 Å². The van der Waals surface area contributed by atoms with E-state index in [1.54, 1.807) is 18.2 Å². The van der Waals surface area contributed by atoms with Gasteiger partial charge in [-0.15, -0.1) is 0 Å². The third-order valence-electron chi connectivity index (χ3n) is 4.10. The molecule has 0 unspecified atom stereocenters. The monoisotopic (exact) mass is 364 g/mol. The molecule has 0 saturated heterocycles. The summed E-state index contributed by atoms with van der Waals surface area (Å²) in [6.45, 7) is 2.50. The third kappa shape index (κ3) is 4.82. The molecule has 134 valence electrons. The van der Waals surface area contributed by atoms with Gasteiger partial charge >= 0.3 is 5.97 Å². The van der Waals surface area contributed by atoms with Gasteiger partial charge in [-0.2, -0.15) is 0 Å². The van der Waals surface area contributed by atoms with Gasteiger partial charge in [-0.3, -0.25) is 14.4 Å². The number of anilines is 1. The van der Waals surface area contributed by atoms with Crippen molar-refractivity contribution in [1.29, 1.82) is 0 Å². The number of carboxylic acid groups (broad SMARTS) is 1. The van der Waals surface area contributed by atoms with Gasteiger partial charge in [0, 0.05) is 12.2 Å². The summed E-state index contributed by atoms with van der Waals surface area (Å²) in [7, 11) is 0. The Kier molecular flexibility index (Phi) is 6.58. The fraction of sp³-hybridized carbons (Fsp3) is 0.389. The van der Waals surface area contributed by atoms with Crippen LogP contribution in [-0.4, -0.2) is 29.4 Å². The highest BCUT2D eigenvalue weighted by Gasteiger charge is 2.34. The molecule has 3 N–H and O–H groups in total. The van der Waals surface area contributed by atoms with Gasteiger partial charge in [0.05, 0.1) is 22.4 Å². The lowest BCUT2D eigenvalue weighted by molar-refractivity contribution is -0.146. The Hall–Kier alpha value is -2.34. The molecule has 0 fully saturated rings. The zero-order valence-corrected chi connectivity index (χ0v) is 14.7. The van der Waals surface area contributed by atoms with Crippen LogP contribution in [-0.2, 0) is 9.59 Å². The molecule has 0 bridgehead atoms. The van der Waals surface area contributed by atoms with Gasteiger partial charge in [0.15, 0.2) is 0 Å². The lowest BCUT2D eigenvalue weighted by atomic mass is 9.82. The molecule has 25 heavy (non-hydrogen) atoms. The third-order valence-corrected chi connectivity index (χ3v) is 4.42. The molecule has 1 aromatic rings. The Morgan fingerprint density at radius 3 is 2.48 bits per heavy atom. The van der Waals surface area contributed by atoms with Crippen LogP contribution < -0.4 is 10.6 Å². The summed E-state index contributed by atoms with van der Waals surface area (Å²) in [6, 6.07) is 4.62. The molecular weight excluding hydrogens is 344 g/mol. The highest BCUT2D eigenvalue weighted by molar-refractivity contribution is 6.34. The number of rotatable bonds is 6. The summed E-state index contributed by atoms with van der Waals surface area (Å²) in [5.74, 6) is -2.98. The maximum atomic E-state index is 12.4. The van der Waals surface area contributed by atoms with Gasteiger partial charge in [-0.25, -0.2) is 0 Å². The van der Waals surface area contributed by atoms with Crippen LogP contribution in [0, 0.1) is 11.8 Å². The van der Waals surface area contributed by atoms with Crippen LogP contribution in [0.15, 0.2) is 30.4 Å². The fourth-order valence-corrected chi connectivity index (χ4v) is 2.99. The molecule has 2 rings (SSSR count). The Balaban J connectivity index is 2.08. The molecule has 0 saturated carbocycles. The van der Waals surface area contributed by atoms with E-state index in [9.17, 15) is 19.5 Å². The van der Waals surface area contributed by atoms with Gasteiger partial charge in [0.25, 0.3) is 5.91 Å². The molecule has 0 heterocycles. The van der Waals surface area contributed by atoms with Crippen molar-refractivity contribution in [1.82, 2.24) is 5.32 Å². The van der Waals surface area contributed by atoms with Crippen LogP contribution in [0.2, 0.25) is 5.02 Å². The number of carbonyl (C=O) groups excluding carboxylic acids is 2. The number of nitrogens with one attached hydrogen (secondary N) is 2. The van der Waals surface area contributed by atoms with Crippen molar-refractivity contribution < 1.29 is 19.5 Å². The van der Waals surface area contributed by atoms with Crippen molar-refractivity contribution in [3.8, 4) is 0 Å². The second kappa shape index (κ2) is 8.67. The van der Waals surface area contributed by atoms with E-state index in [4.69, 9.17) is 11.6 Å². The predicted molar refractivity (Wildman–Crippen MR) is 95.7 cm³/mol. The summed E-state index contributed by atoms with van der Waals surface area (Å²) < 4.78 is 0. The SMILES string of the molecule is CCCNC(=O)c1ccc(NC(=O)[C@@H]2CC=CC[C@H]2C(=O)O)cc1Cl. The zero-order valence-electron chi connectivity index (χ0n) is 13.9. The van der Waals surface area contributed by atoms with Crippen LogP contribution in [0.4, 0.5) is 5.69 Å². The molecule has 0 radical (unpaired) electrons. The normalized spacial score (nSPS) is 19.3. The molecule has 1 aliphatic carbocycles.